The van der Waals surface area contributed by atoms with Crippen molar-refractivity contribution in [3.63, 3.8) is 0 Å². The number of aliphatic hydroxyl groups is 2. The zero-order valence-corrected chi connectivity index (χ0v) is 10.9. The summed E-state index contributed by atoms with van der Waals surface area (Å²) in [6.07, 6.45) is 0.949. The number of rotatable bonds is 7. The first-order valence-corrected chi connectivity index (χ1v) is 6.11. The van der Waals surface area contributed by atoms with Crippen LogP contribution < -0.4 is 5.32 Å². The molecule has 2 unspecified atom stereocenters. The summed E-state index contributed by atoms with van der Waals surface area (Å²) in [6.45, 7) is 6.96. The molecule has 17 heavy (non-hydrogen) atoms. The summed E-state index contributed by atoms with van der Waals surface area (Å²) in [7, 11) is 0. The molecule has 0 saturated carbocycles. The zero-order chi connectivity index (χ0) is 12.9. The van der Waals surface area contributed by atoms with Gasteiger partial charge in [-0.05, 0) is 25.0 Å². The Morgan fingerprint density at radius 1 is 1.41 bits per heavy atom. The molecule has 0 amide bonds. The van der Waals surface area contributed by atoms with E-state index in [4.69, 9.17) is 9.52 Å². The summed E-state index contributed by atoms with van der Waals surface area (Å²) in [5.74, 6) is 1.59. The summed E-state index contributed by atoms with van der Waals surface area (Å²) < 4.78 is 5.34. The first-order valence-electron chi connectivity index (χ1n) is 6.11. The van der Waals surface area contributed by atoms with Crippen LogP contribution in [0.1, 0.15) is 38.7 Å². The van der Waals surface area contributed by atoms with Crippen molar-refractivity contribution in [3.8, 4) is 0 Å². The molecule has 4 nitrogen and oxygen atoms in total. The maximum absolute atomic E-state index is 10.2. The third-order valence-electron chi connectivity index (χ3n) is 3.33. The van der Waals surface area contributed by atoms with Crippen LogP contribution in [0.5, 0.6) is 0 Å². The lowest BCUT2D eigenvalue weighted by Crippen LogP contribution is -2.42. The molecular weight excluding hydrogens is 218 g/mol. The molecule has 0 aliphatic rings. The van der Waals surface area contributed by atoms with E-state index in [2.05, 4.69) is 12.2 Å². The fraction of sp³-hybridized carbons (Fsp3) is 0.692. The molecule has 3 N–H and O–H groups in total. The monoisotopic (exact) mass is 241 g/mol. The number of hydrogen-bond acceptors (Lipinski definition) is 4. The lowest BCUT2D eigenvalue weighted by Gasteiger charge is -2.29. The molecule has 4 heteroatoms. The van der Waals surface area contributed by atoms with Crippen LogP contribution in [0.4, 0.5) is 0 Å². The second-order valence-corrected chi connectivity index (χ2v) is 4.80. The maximum Gasteiger partial charge on any atom is 0.129 e. The van der Waals surface area contributed by atoms with Gasteiger partial charge in [-0.1, -0.05) is 20.3 Å². The highest BCUT2D eigenvalue weighted by molar-refractivity contribution is 5.06. The van der Waals surface area contributed by atoms with E-state index in [-0.39, 0.29) is 12.5 Å². The Kier molecular flexibility index (Phi) is 5.18. The van der Waals surface area contributed by atoms with E-state index >= 15 is 0 Å². The third-order valence-corrected chi connectivity index (χ3v) is 3.33. The predicted molar refractivity (Wildman–Crippen MR) is 66.4 cm³/mol. The second-order valence-electron chi connectivity index (χ2n) is 4.80. The normalized spacial score (nSPS) is 16.8. The first kappa shape index (κ1) is 14.2. The van der Waals surface area contributed by atoms with Gasteiger partial charge in [0, 0.05) is 6.54 Å². The van der Waals surface area contributed by atoms with E-state index in [1.807, 2.05) is 19.9 Å². The van der Waals surface area contributed by atoms with Gasteiger partial charge in [-0.15, -0.1) is 0 Å². The Morgan fingerprint density at radius 3 is 2.59 bits per heavy atom. The van der Waals surface area contributed by atoms with Crippen molar-refractivity contribution in [1.82, 2.24) is 5.32 Å². The Bertz CT molecular complexity index is 333. The zero-order valence-electron chi connectivity index (χ0n) is 10.9. The number of nitrogens with one attached hydrogen (secondary N) is 1. The summed E-state index contributed by atoms with van der Waals surface area (Å²) in [6, 6.07) is 3.58. The Labute approximate surface area is 103 Å². The molecule has 2 atom stereocenters. The molecule has 1 rings (SSSR count). The smallest absolute Gasteiger partial charge is 0.129 e. The van der Waals surface area contributed by atoms with Crippen molar-refractivity contribution in [3.05, 3.63) is 23.7 Å². The minimum Gasteiger partial charge on any atom is -0.462 e. The van der Waals surface area contributed by atoms with E-state index in [1.54, 1.807) is 6.07 Å². The van der Waals surface area contributed by atoms with Gasteiger partial charge in [0.15, 0.2) is 0 Å². The highest BCUT2D eigenvalue weighted by Gasteiger charge is 2.26. The summed E-state index contributed by atoms with van der Waals surface area (Å²) in [5, 5.41) is 22.2. The molecule has 0 spiro atoms. The highest BCUT2D eigenvalue weighted by Crippen LogP contribution is 2.19. The van der Waals surface area contributed by atoms with Crippen molar-refractivity contribution in [2.45, 2.75) is 45.9 Å². The van der Waals surface area contributed by atoms with Crippen LogP contribution in [0.25, 0.3) is 0 Å². The quantitative estimate of drug-likeness (QED) is 0.679. The molecule has 1 aromatic rings. The van der Waals surface area contributed by atoms with Crippen LogP contribution in [-0.4, -0.2) is 22.4 Å². The number of hydrogen-bond donors (Lipinski definition) is 3. The van der Waals surface area contributed by atoms with Gasteiger partial charge in [-0.2, -0.15) is 0 Å². The Balaban J connectivity index is 2.36. The predicted octanol–water partition coefficient (Wildman–Crippen LogP) is 1.66. The van der Waals surface area contributed by atoms with E-state index < -0.39 is 5.60 Å². The molecule has 0 bridgehead atoms. The van der Waals surface area contributed by atoms with Crippen LogP contribution in [0.15, 0.2) is 16.5 Å². The van der Waals surface area contributed by atoms with E-state index in [9.17, 15) is 5.11 Å². The van der Waals surface area contributed by atoms with Crippen LogP contribution in [-0.2, 0) is 13.2 Å². The van der Waals surface area contributed by atoms with Gasteiger partial charge >= 0.3 is 0 Å². The third kappa shape index (κ3) is 4.15. The second kappa shape index (κ2) is 6.19. The molecule has 98 valence electrons. The average molecular weight is 241 g/mol. The molecule has 0 aliphatic heterocycles. The molecule has 1 heterocycles. The van der Waals surface area contributed by atoms with E-state index in [0.29, 0.717) is 18.8 Å². The summed E-state index contributed by atoms with van der Waals surface area (Å²) in [5.41, 5.74) is -0.707. The lowest BCUT2D eigenvalue weighted by molar-refractivity contribution is 0.00501. The molecular formula is C13H23NO3. The molecule has 1 aromatic heterocycles. The van der Waals surface area contributed by atoms with Crippen LogP contribution in [0.2, 0.25) is 0 Å². The van der Waals surface area contributed by atoms with Gasteiger partial charge < -0.3 is 19.9 Å². The Hall–Kier alpha value is -0.840. The molecule has 0 fully saturated rings. The van der Waals surface area contributed by atoms with E-state index in [1.165, 1.54) is 0 Å². The van der Waals surface area contributed by atoms with E-state index in [0.717, 1.165) is 12.2 Å². The van der Waals surface area contributed by atoms with Gasteiger partial charge in [-0.3, -0.25) is 0 Å². The molecule has 0 saturated heterocycles. The van der Waals surface area contributed by atoms with Crippen molar-refractivity contribution in [2.75, 3.05) is 6.54 Å². The largest absolute Gasteiger partial charge is 0.462 e. The Morgan fingerprint density at radius 2 is 2.06 bits per heavy atom. The SMILES string of the molecule is CCC(C)C(C)(O)CNCc1ccc(CO)o1. The molecule has 0 radical (unpaired) electrons. The van der Waals surface area contributed by atoms with Gasteiger partial charge in [0.1, 0.15) is 18.1 Å². The van der Waals surface area contributed by atoms with Crippen LogP contribution in [0.3, 0.4) is 0 Å². The fourth-order valence-corrected chi connectivity index (χ4v) is 1.66. The number of aliphatic hydroxyl groups excluding tert-OH is 1. The van der Waals surface area contributed by atoms with Gasteiger partial charge in [0.05, 0.1) is 12.1 Å². The van der Waals surface area contributed by atoms with Gasteiger partial charge in [-0.25, -0.2) is 0 Å². The van der Waals surface area contributed by atoms with Crippen LogP contribution in [0, 0.1) is 5.92 Å². The minimum absolute atomic E-state index is 0.0788. The molecule has 0 aromatic carbocycles. The van der Waals surface area contributed by atoms with Crippen LogP contribution >= 0.6 is 0 Å². The van der Waals surface area contributed by atoms with Gasteiger partial charge in [0.25, 0.3) is 0 Å². The molecule has 0 aliphatic carbocycles. The summed E-state index contributed by atoms with van der Waals surface area (Å²) >= 11 is 0. The minimum atomic E-state index is -0.707. The first-order chi connectivity index (χ1) is 7.99. The van der Waals surface area contributed by atoms with Crippen molar-refractivity contribution in [2.24, 2.45) is 5.92 Å². The highest BCUT2D eigenvalue weighted by atomic mass is 16.4. The van der Waals surface area contributed by atoms with Crippen molar-refractivity contribution in [1.29, 1.82) is 0 Å². The average Bonchev–Trinajstić information content (AvgIpc) is 2.75. The van der Waals surface area contributed by atoms with Gasteiger partial charge in [0.2, 0.25) is 0 Å². The topological polar surface area (TPSA) is 65.6 Å². The lowest BCUT2D eigenvalue weighted by atomic mass is 9.89. The van der Waals surface area contributed by atoms with Crippen molar-refractivity contribution < 1.29 is 14.6 Å². The van der Waals surface area contributed by atoms with Crippen molar-refractivity contribution >= 4 is 0 Å². The maximum atomic E-state index is 10.2. The fourth-order valence-electron chi connectivity index (χ4n) is 1.66. The summed E-state index contributed by atoms with van der Waals surface area (Å²) in [4.78, 5) is 0. The number of furan rings is 1. The standard InChI is InChI=1S/C13H23NO3/c1-4-10(2)13(3,16)9-14-7-11-5-6-12(8-15)17-11/h5-6,10,14-16H,4,7-9H2,1-3H3.